The quantitative estimate of drug-likeness (QED) is 0.839. The standard InChI is InChI=1S/C22H22N4O2/c1-14-22-17(5-6-24-14)8-18(16-4-2-3-15(7-16)10-23)9-20(22)25-19-11-26(12-19)21(28)13-27/h2-9,14,19,22,25,27H,11-13H2,1H3. The molecule has 6 heteroatoms. The van der Waals surface area contributed by atoms with E-state index < -0.39 is 6.61 Å². The van der Waals surface area contributed by atoms with Crippen LogP contribution in [0.4, 0.5) is 0 Å². The van der Waals surface area contributed by atoms with Gasteiger partial charge in [-0.1, -0.05) is 18.2 Å². The summed E-state index contributed by atoms with van der Waals surface area (Å²) in [6, 6.07) is 10.1. The molecule has 1 aliphatic carbocycles. The number of dihydropyridines is 1. The van der Waals surface area contributed by atoms with Gasteiger partial charge in [-0.25, -0.2) is 0 Å². The summed E-state index contributed by atoms with van der Waals surface area (Å²) in [5.41, 5.74) is 4.95. The Kier molecular flexibility index (Phi) is 4.84. The maximum absolute atomic E-state index is 11.6. The lowest BCUT2D eigenvalue weighted by Crippen LogP contribution is -2.60. The minimum Gasteiger partial charge on any atom is -0.387 e. The highest BCUT2D eigenvalue weighted by atomic mass is 16.3. The molecule has 4 rings (SSSR count). The molecule has 6 nitrogen and oxygen atoms in total. The Morgan fingerprint density at radius 1 is 1.39 bits per heavy atom. The van der Waals surface area contributed by atoms with Crippen LogP contribution in [-0.2, 0) is 4.79 Å². The number of carbonyl (C=O) groups is 1. The van der Waals surface area contributed by atoms with Crippen molar-refractivity contribution in [3.8, 4) is 6.07 Å². The Balaban J connectivity index is 1.61. The van der Waals surface area contributed by atoms with E-state index >= 15 is 0 Å². The SMILES string of the molecule is CC1N=CC=C2C=C(c3cccc(C#N)c3)C=C(NC3CN(C(=O)CO)C3)C21. The van der Waals surface area contributed by atoms with Crippen molar-refractivity contribution in [2.75, 3.05) is 19.7 Å². The van der Waals surface area contributed by atoms with Crippen LogP contribution < -0.4 is 5.32 Å². The molecule has 1 aromatic rings. The number of aliphatic hydroxyl groups is 1. The third-order valence-electron chi connectivity index (χ3n) is 5.46. The third kappa shape index (κ3) is 3.37. The van der Waals surface area contributed by atoms with Crippen LogP contribution >= 0.6 is 0 Å². The molecule has 0 saturated carbocycles. The molecule has 1 aromatic carbocycles. The fourth-order valence-electron chi connectivity index (χ4n) is 3.96. The van der Waals surface area contributed by atoms with Crippen molar-refractivity contribution in [1.82, 2.24) is 10.2 Å². The zero-order valence-corrected chi connectivity index (χ0v) is 15.7. The zero-order valence-electron chi connectivity index (χ0n) is 15.7. The number of nitrogens with zero attached hydrogens (tertiary/aromatic N) is 3. The van der Waals surface area contributed by atoms with Gasteiger partial charge in [-0.2, -0.15) is 5.26 Å². The van der Waals surface area contributed by atoms with Crippen LogP contribution in [0.3, 0.4) is 0 Å². The molecule has 0 spiro atoms. The van der Waals surface area contributed by atoms with Gasteiger partial charge >= 0.3 is 0 Å². The van der Waals surface area contributed by atoms with Gasteiger partial charge in [0.2, 0.25) is 5.91 Å². The maximum Gasteiger partial charge on any atom is 0.248 e. The average molecular weight is 374 g/mol. The first-order valence-electron chi connectivity index (χ1n) is 9.41. The van der Waals surface area contributed by atoms with E-state index in [1.165, 1.54) is 5.57 Å². The molecule has 0 bridgehead atoms. The van der Waals surface area contributed by atoms with E-state index in [2.05, 4.69) is 35.5 Å². The lowest BCUT2D eigenvalue weighted by atomic mass is 9.80. The van der Waals surface area contributed by atoms with Crippen molar-refractivity contribution in [3.63, 3.8) is 0 Å². The summed E-state index contributed by atoms with van der Waals surface area (Å²) in [6.45, 7) is 2.83. The van der Waals surface area contributed by atoms with E-state index in [1.54, 1.807) is 11.0 Å². The number of hydrogen-bond acceptors (Lipinski definition) is 5. The van der Waals surface area contributed by atoms with Gasteiger partial charge in [0, 0.05) is 30.9 Å². The first kappa shape index (κ1) is 18.2. The third-order valence-corrected chi connectivity index (χ3v) is 5.46. The van der Waals surface area contributed by atoms with E-state index in [0.29, 0.717) is 18.7 Å². The van der Waals surface area contributed by atoms with Crippen molar-refractivity contribution < 1.29 is 9.90 Å². The van der Waals surface area contributed by atoms with Gasteiger partial charge in [-0.05, 0) is 47.9 Å². The van der Waals surface area contributed by atoms with Crippen LogP contribution in [0.5, 0.6) is 0 Å². The molecule has 2 heterocycles. The molecule has 2 N–H and O–H groups in total. The lowest BCUT2D eigenvalue weighted by molar-refractivity contribution is -0.138. The molecule has 2 atom stereocenters. The normalized spacial score (nSPS) is 23.6. The minimum absolute atomic E-state index is 0.122. The second kappa shape index (κ2) is 7.45. The number of allylic oxidation sites excluding steroid dienone is 4. The van der Waals surface area contributed by atoms with Crippen molar-refractivity contribution in [1.29, 1.82) is 5.26 Å². The van der Waals surface area contributed by atoms with Crippen LogP contribution in [0.1, 0.15) is 18.1 Å². The van der Waals surface area contributed by atoms with Gasteiger partial charge < -0.3 is 15.3 Å². The number of aliphatic hydroxyl groups excluding tert-OH is 1. The second-order valence-corrected chi connectivity index (χ2v) is 7.37. The van der Waals surface area contributed by atoms with Crippen molar-refractivity contribution in [3.05, 3.63) is 64.9 Å². The fraction of sp³-hybridized carbons (Fsp3) is 0.318. The molecule has 28 heavy (non-hydrogen) atoms. The monoisotopic (exact) mass is 374 g/mol. The van der Waals surface area contributed by atoms with E-state index in [-0.39, 0.29) is 23.9 Å². The van der Waals surface area contributed by atoms with E-state index in [9.17, 15) is 10.1 Å². The molecular weight excluding hydrogens is 352 g/mol. The summed E-state index contributed by atoms with van der Waals surface area (Å²) >= 11 is 0. The summed E-state index contributed by atoms with van der Waals surface area (Å²) < 4.78 is 0. The molecule has 1 fully saturated rings. The first-order valence-corrected chi connectivity index (χ1v) is 9.41. The topological polar surface area (TPSA) is 88.7 Å². The highest BCUT2D eigenvalue weighted by molar-refractivity contribution is 5.84. The van der Waals surface area contributed by atoms with Crippen LogP contribution in [0, 0.1) is 17.2 Å². The van der Waals surface area contributed by atoms with Crippen molar-refractivity contribution in [2.24, 2.45) is 10.9 Å². The number of amides is 1. The van der Waals surface area contributed by atoms with Crippen LogP contribution in [0.25, 0.3) is 5.57 Å². The lowest BCUT2D eigenvalue weighted by Gasteiger charge is -2.42. The van der Waals surface area contributed by atoms with Gasteiger partial charge in [0.25, 0.3) is 0 Å². The number of aliphatic imine (C=N–C) groups is 1. The zero-order chi connectivity index (χ0) is 19.7. The molecule has 0 aromatic heterocycles. The highest BCUT2D eigenvalue weighted by Crippen LogP contribution is 2.37. The van der Waals surface area contributed by atoms with Gasteiger partial charge in [0.15, 0.2) is 0 Å². The van der Waals surface area contributed by atoms with Crippen molar-refractivity contribution >= 4 is 17.7 Å². The van der Waals surface area contributed by atoms with Crippen molar-refractivity contribution in [2.45, 2.75) is 19.0 Å². The molecule has 2 unspecified atom stereocenters. The summed E-state index contributed by atoms with van der Waals surface area (Å²) in [4.78, 5) is 17.8. The fourth-order valence-corrected chi connectivity index (χ4v) is 3.96. The average Bonchev–Trinajstić information content (AvgIpc) is 2.69. The molecular formula is C22H22N4O2. The Hall–Kier alpha value is -3.17. The van der Waals surface area contributed by atoms with Gasteiger partial charge in [0.05, 0.1) is 23.7 Å². The molecule has 2 aliphatic heterocycles. The second-order valence-electron chi connectivity index (χ2n) is 7.37. The smallest absolute Gasteiger partial charge is 0.248 e. The predicted molar refractivity (Wildman–Crippen MR) is 107 cm³/mol. The van der Waals surface area contributed by atoms with Gasteiger partial charge in [-0.15, -0.1) is 0 Å². The molecule has 142 valence electrons. The summed E-state index contributed by atoms with van der Waals surface area (Å²) in [5, 5.41) is 21.8. The molecule has 1 amide bonds. The van der Waals surface area contributed by atoms with Gasteiger partial charge in [-0.3, -0.25) is 9.79 Å². The summed E-state index contributed by atoms with van der Waals surface area (Å²) in [7, 11) is 0. The van der Waals surface area contributed by atoms with E-state index in [4.69, 9.17) is 5.11 Å². The van der Waals surface area contributed by atoms with E-state index in [0.717, 1.165) is 16.8 Å². The molecule has 3 aliphatic rings. The highest BCUT2D eigenvalue weighted by Gasteiger charge is 2.35. The Bertz CT molecular complexity index is 961. The van der Waals surface area contributed by atoms with Crippen LogP contribution in [0.15, 0.2) is 58.8 Å². The number of nitrogens with one attached hydrogen (secondary N) is 1. The van der Waals surface area contributed by atoms with Crippen LogP contribution in [0.2, 0.25) is 0 Å². The largest absolute Gasteiger partial charge is 0.387 e. The molecule has 0 radical (unpaired) electrons. The summed E-state index contributed by atoms with van der Waals surface area (Å²) in [6.07, 6.45) is 8.18. The number of nitriles is 1. The van der Waals surface area contributed by atoms with Crippen LogP contribution in [-0.4, -0.2) is 53.9 Å². The Morgan fingerprint density at radius 2 is 2.21 bits per heavy atom. The molecule has 1 saturated heterocycles. The minimum atomic E-state index is -0.446. The predicted octanol–water partition coefficient (Wildman–Crippen LogP) is 1.65. The Labute approximate surface area is 164 Å². The number of likely N-dealkylation sites (tertiary alicyclic amines) is 1. The number of benzene rings is 1. The maximum atomic E-state index is 11.6. The number of rotatable bonds is 4. The number of fused-ring (bicyclic) bond motifs is 1. The number of hydrogen-bond donors (Lipinski definition) is 2. The first-order chi connectivity index (χ1) is 13.6. The Morgan fingerprint density at radius 3 is 2.96 bits per heavy atom. The van der Waals surface area contributed by atoms with E-state index in [1.807, 2.05) is 30.5 Å². The number of carbonyl (C=O) groups excluding carboxylic acids is 1. The summed E-state index contributed by atoms with van der Waals surface area (Å²) in [5.74, 6) is -0.0868. The van der Waals surface area contributed by atoms with Gasteiger partial charge in [0.1, 0.15) is 6.61 Å².